The van der Waals surface area contributed by atoms with Gasteiger partial charge >= 0.3 is 0 Å². The standard InChI is InChI=1S/C25H30N4O3/c1-3-29-23(31)17-25(24(29)32,21-10-5-4-8-19(21)2)16-22(30)28-14-12-27(13-15-28)18-20-9-6-7-11-26-20/h4-11H,3,12-18H2,1-2H3/t25-/m0/s1. The number of amides is 3. The van der Waals surface area contributed by atoms with E-state index in [1.165, 1.54) is 4.90 Å². The van der Waals surface area contributed by atoms with E-state index in [2.05, 4.69) is 9.88 Å². The number of carbonyl (C=O) groups is 3. The number of hydrogen-bond acceptors (Lipinski definition) is 5. The van der Waals surface area contributed by atoms with Crippen molar-refractivity contribution in [2.24, 2.45) is 0 Å². The normalized spacial score (nSPS) is 21.9. The molecule has 7 heteroatoms. The molecule has 3 heterocycles. The van der Waals surface area contributed by atoms with Crippen LogP contribution in [0.2, 0.25) is 0 Å². The number of hydrogen-bond donors (Lipinski definition) is 0. The lowest BCUT2D eigenvalue weighted by Crippen LogP contribution is -2.50. The van der Waals surface area contributed by atoms with Gasteiger partial charge in [0.1, 0.15) is 0 Å². The van der Waals surface area contributed by atoms with Crippen molar-refractivity contribution in [1.82, 2.24) is 19.7 Å². The maximum atomic E-state index is 13.4. The molecule has 2 aliphatic rings. The average molecular weight is 435 g/mol. The highest BCUT2D eigenvalue weighted by Gasteiger charge is 2.54. The second-order valence-electron chi connectivity index (χ2n) is 8.67. The van der Waals surface area contributed by atoms with Gasteiger partial charge in [-0.05, 0) is 37.1 Å². The lowest BCUT2D eigenvalue weighted by atomic mass is 9.74. The largest absolute Gasteiger partial charge is 0.340 e. The van der Waals surface area contributed by atoms with E-state index in [1.54, 1.807) is 13.1 Å². The Labute approximate surface area is 189 Å². The molecule has 7 nitrogen and oxygen atoms in total. The van der Waals surface area contributed by atoms with E-state index in [-0.39, 0.29) is 30.6 Å². The number of piperazine rings is 1. The molecule has 0 spiro atoms. The average Bonchev–Trinajstić information content (AvgIpc) is 3.04. The quantitative estimate of drug-likeness (QED) is 0.652. The summed E-state index contributed by atoms with van der Waals surface area (Å²) >= 11 is 0. The molecule has 0 unspecified atom stereocenters. The zero-order valence-electron chi connectivity index (χ0n) is 18.8. The van der Waals surface area contributed by atoms with Crippen LogP contribution in [0, 0.1) is 6.92 Å². The van der Waals surface area contributed by atoms with Crippen LogP contribution in [0.3, 0.4) is 0 Å². The molecule has 2 saturated heterocycles. The smallest absolute Gasteiger partial charge is 0.240 e. The molecule has 0 bridgehead atoms. The van der Waals surface area contributed by atoms with E-state index in [0.29, 0.717) is 19.6 Å². The van der Waals surface area contributed by atoms with Crippen LogP contribution in [0.5, 0.6) is 0 Å². The van der Waals surface area contributed by atoms with Gasteiger partial charge < -0.3 is 4.90 Å². The Morgan fingerprint density at radius 1 is 1.03 bits per heavy atom. The summed E-state index contributed by atoms with van der Waals surface area (Å²) in [4.78, 5) is 49.2. The molecule has 32 heavy (non-hydrogen) atoms. The minimum absolute atomic E-state index is 0.0270. The molecular formula is C25H30N4O3. The Balaban J connectivity index is 1.49. The van der Waals surface area contributed by atoms with Gasteiger partial charge in [0.2, 0.25) is 17.7 Å². The van der Waals surface area contributed by atoms with Gasteiger partial charge in [-0.15, -0.1) is 0 Å². The van der Waals surface area contributed by atoms with Gasteiger partial charge in [-0.1, -0.05) is 30.3 Å². The van der Waals surface area contributed by atoms with Crippen molar-refractivity contribution in [2.45, 2.75) is 38.6 Å². The second kappa shape index (κ2) is 9.20. The van der Waals surface area contributed by atoms with Crippen LogP contribution in [0.4, 0.5) is 0 Å². The molecular weight excluding hydrogens is 404 g/mol. The van der Waals surface area contributed by atoms with Crippen LogP contribution in [0.1, 0.15) is 36.6 Å². The van der Waals surface area contributed by atoms with Crippen molar-refractivity contribution in [1.29, 1.82) is 0 Å². The minimum atomic E-state index is -1.11. The first-order chi connectivity index (χ1) is 15.4. The summed E-state index contributed by atoms with van der Waals surface area (Å²) in [5, 5.41) is 0. The molecule has 0 N–H and O–H groups in total. The molecule has 2 aromatic rings. The third kappa shape index (κ3) is 4.17. The fraction of sp³-hybridized carbons (Fsp3) is 0.440. The summed E-state index contributed by atoms with van der Waals surface area (Å²) in [6.45, 7) is 7.54. The van der Waals surface area contributed by atoms with Gasteiger partial charge in [0, 0.05) is 58.3 Å². The Morgan fingerprint density at radius 3 is 2.38 bits per heavy atom. The summed E-state index contributed by atoms with van der Waals surface area (Å²) in [6, 6.07) is 13.5. The minimum Gasteiger partial charge on any atom is -0.340 e. The SMILES string of the molecule is CCN1C(=O)C[C@@](CC(=O)N2CCN(Cc3ccccn3)CC2)(c2ccccc2C)C1=O. The summed E-state index contributed by atoms with van der Waals surface area (Å²) in [6.07, 6.45) is 1.87. The topological polar surface area (TPSA) is 73.8 Å². The van der Waals surface area contributed by atoms with E-state index in [1.807, 2.05) is 54.3 Å². The zero-order chi connectivity index (χ0) is 22.7. The molecule has 4 rings (SSSR count). The predicted molar refractivity (Wildman–Crippen MR) is 121 cm³/mol. The summed E-state index contributed by atoms with van der Waals surface area (Å²) in [5.41, 5.74) is 1.62. The van der Waals surface area contributed by atoms with E-state index in [0.717, 1.165) is 36.5 Å². The summed E-state index contributed by atoms with van der Waals surface area (Å²) in [7, 11) is 0. The number of nitrogens with zero attached hydrogens (tertiary/aromatic N) is 4. The van der Waals surface area contributed by atoms with Crippen molar-refractivity contribution in [3.8, 4) is 0 Å². The van der Waals surface area contributed by atoms with Crippen molar-refractivity contribution in [2.75, 3.05) is 32.7 Å². The summed E-state index contributed by atoms with van der Waals surface area (Å²) in [5.74, 6) is -0.514. The van der Waals surface area contributed by atoms with Gasteiger partial charge in [0.25, 0.3) is 0 Å². The van der Waals surface area contributed by atoms with Crippen molar-refractivity contribution in [3.63, 3.8) is 0 Å². The number of likely N-dealkylation sites (N-methyl/N-ethyl adjacent to an activating group) is 1. The number of pyridine rings is 1. The fourth-order valence-corrected chi connectivity index (χ4v) is 4.92. The lowest BCUT2D eigenvalue weighted by Gasteiger charge is -2.37. The molecule has 1 aromatic heterocycles. The molecule has 1 aromatic carbocycles. The van der Waals surface area contributed by atoms with Gasteiger partial charge in [-0.25, -0.2) is 0 Å². The Morgan fingerprint density at radius 2 is 1.75 bits per heavy atom. The maximum Gasteiger partial charge on any atom is 0.240 e. The van der Waals surface area contributed by atoms with Crippen LogP contribution in [-0.2, 0) is 26.3 Å². The van der Waals surface area contributed by atoms with Gasteiger partial charge in [0.05, 0.1) is 11.1 Å². The Kier molecular flexibility index (Phi) is 6.37. The molecule has 168 valence electrons. The number of aromatic nitrogens is 1. The van der Waals surface area contributed by atoms with E-state index >= 15 is 0 Å². The Bertz CT molecular complexity index is 1000. The third-order valence-corrected chi connectivity index (χ3v) is 6.68. The molecule has 2 fully saturated rings. The molecule has 0 radical (unpaired) electrons. The molecule has 1 atom stereocenters. The lowest BCUT2D eigenvalue weighted by molar-refractivity contribution is -0.143. The summed E-state index contributed by atoms with van der Waals surface area (Å²) < 4.78 is 0. The number of carbonyl (C=O) groups excluding carboxylic acids is 3. The highest BCUT2D eigenvalue weighted by atomic mass is 16.2. The van der Waals surface area contributed by atoms with Crippen molar-refractivity contribution < 1.29 is 14.4 Å². The van der Waals surface area contributed by atoms with Gasteiger partial charge in [0.15, 0.2) is 0 Å². The maximum absolute atomic E-state index is 13.4. The fourth-order valence-electron chi connectivity index (χ4n) is 4.92. The molecule has 2 aliphatic heterocycles. The highest BCUT2D eigenvalue weighted by Crippen LogP contribution is 2.41. The van der Waals surface area contributed by atoms with Gasteiger partial charge in [-0.2, -0.15) is 0 Å². The molecule has 0 saturated carbocycles. The highest BCUT2D eigenvalue weighted by molar-refractivity contribution is 6.10. The van der Waals surface area contributed by atoms with Gasteiger partial charge in [-0.3, -0.25) is 29.2 Å². The number of aryl methyl sites for hydroxylation is 1. The van der Waals surface area contributed by atoms with Crippen LogP contribution in [0.15, 0.2) is 48.7 Å². The predicted octanol–water partition coefficient (Wildman–Crippen LogP) is 2.14. The second-order valence-corrected chi connectivity index (χ2v) is 8.67. The van der Waals surface area contributed by atoms with Crippen LogP contribution in [0.25, 0.3) is 0 Å². The first-order valence-corrected chi connectivity index (χ1v) is 11.3. The van der Waals surface area contributed by atoms with E-state index in [9.17, 15) is 14.4 Å². The van der Waals surface area contributed by atoms with Crippen molar-refractivity contribution in [3.05, 3.63) is 65.5 Å². The monoisotopic (exact) mass is 434 g/mol. The number of imide groups is 1. The first kappa shape index (κ1) is 22.1. The number of benzene rings is 1. The zero-order valence-corrected chi connectivity index (χ0v) is 18.8. The van der Waals surface area contributed by atoms with Crippen molar-refractivity contribution >= 4 is 17.7 Å². The van der Waals surface area contributed by atoms with Crippen LogP contribution < -0.4 is 0 Å². The van der Waals surface area contributed by atoms with Crippen LogP contribution >= 0.6 is 0 Å². The van der Waals surface area contributed by atoms with Crippen LogP contribution in [-0.4, -0.2) is 70.1 Å². The molecule has 3 amide bonds. The van der Waals surface area contributed by atoms with E-state index < -0.39 is 5.41 Å². The molecule has 0 aliphatic carbocycles. The number of likely N-dealkylation sites (tertiary alicyclic amines) is 1. The van der Waals surface area contributed by atoms with E-state index in [4.69, 9.17) is 0 Å². The third-order valence-electron chi connectivity index (χ3n) is 6.68. The first-order valence-electron chi connectivity index (χ1n) is 11.3. The number of rotatable bonds is 6. The Hall–Kier alpha value is -3.06.